The topological polar surface area (TPSA) is 148 Å². The minimum atomic E-state index is -3.58. The number of imidazole rings is 1. The Hall–Kier alpha value is -4.17. The summed E-state index contributed by atoms with van der Waals surface area (Å²) in [5.74, 6) is 2.10. The molecule has 2 aliphatic heterocycles. The van der Waals surface area contributed by atoms with Crippen LogP contribution in [0.4, 0.5) is 5.95 Å². The molecule has 2 saturated heterocycles. The highest BCUT2D eigenvalue weighted by atomic mass is 32.7. The number of rotatable bonds is 14. The highest BCUT2D eigenvalue weighted by Gasteiger charge is 2.53. The van der Waals surface area contributed by atoms with Gasteiger partial charge in [-0.25, -0.2) is 9.55 Å². The third-order valence-corrected chi connectivity index (χ3v) is 15.6. The smallest absolute Gasteiger partial charge is 0.390 e. The van der Waals surface area contributed by atoms with Crippen LogP contribution in [0.1, 0.15) is 75.3 Å². The first-order valence-corrected chi connectivity index (χ1v) is 22.6. The van der Waals surface area contributed by atoms with E-state index in [4.69, 9.17) is 33.0 Å². The Morgan fingerprint density at radius 2 is 1.61 bits per heavy atom. The standard InChI is InChI=1S/C42H50N5O8PS/c1-28(2)24-43-40-45-38-37(39(48)46-40)44-27-47(38)36-23-34(55-56(49)53-26-41(57-56)21-9-6-10-22-41)35(54-36)25-52-42(29-11-7-5-8-12-29,30-13-17-32(50-3)18-14-30)31-15-19-33(51-4)20-16-31/h5,7-8,11-20,27-28,34-36H,6,9-10,21-26H2,1-4H3,(H2,43,45,46,48)/t34-,35+,36+,56?/m0/s1. The highest BCUT2D eigenvalue weighted by molar-refractivity contribution is 8.56. The van der Waals surface area contributed by atoms with Crippen LogP contribution in [0, 0.1) is 5.92 Å². The van der Waals surface area contributed by atoms with Crippen LogP contribution in [-0.4, -0.2) is 70.5 Å². The lowest BCUT2D eigenvalue weighted by Crippen LogP contribution is -2.38. The Morgan fingerprint density at radius 3 is 2.25 bits per heavy atom. The summed E-state index contributed by atoms with van der Waals surface area (Å²) in [5, 5.41) is 3.22. The monoisotopic (exact) mass is 815 g/mol. The molecule has 2 aromatic heterocycles. The summed E-state index contributed by atoms with van der Waals surface area (Å²) < 4.78 is 54.0. The van der Waals surface area contributed by atoms with Gasteiger partial charge in [-0.15, -0.1) is 0 Å². The van der Waals surface area contributed by atoms with Crippen molar-refractivity contribution in [2.24, 2.45) is 5.92 Å². The quantitative estimate of drug-likeness (QED) is 0.0819. The summed E-state index contributed by atoms with van der Waals surface area (Å²) in [6.45, 7) is 1.62. The van der Waals surface area contributed by atoms with Crippen LogP contribution in [0.2, 0.25) is 0 Å². The lowest BCUT2D eigenvalue weighted by atomic mass is 9.80. The number of benzene rings is 3. The maximum absolute atomic E-state index is 14.5. The van der Waals surface area contributed by atoms with Crippen LogP contribution in [0.15, 0.2) is 90.0 Å². The Kier molecular flexibility index (Phi) is 11.5. The average Bonchev–Trinajstić information content (AvgIpc) is 3.93. The van der Waals surface area contributed by atoms with Crippen LogP contribution in [-0.2, 0) is 28.7 Å². The minimum Gasteiger partial charge on any atom is -0.497 e. The van der Waals surface area contributed by atoms with Gasteiger partial charge in [0, 0.05) is 13.0 Å². The van der Waals surface area contributed by atoms with E-state index >= 15 is 0 Å². The summed E-state index contributed by atoms with van der Waals surface area (Å²) in [7, 11) is 3.28. The lowest BCUT2D eigenvalue weighted by molar-refractivity contribution is -0.0907. The van der Waals surface area contributed by atoms with Gasteiger partial charge in [0.25, 0.3) is 5.56 Å². The second-order valence-electron chi connectivity index (χ2n) is 15.4. The molecule has 13 nitrogen and oxygen atoms in total. The molecule has 0 radical (unpaired) electrons. The number of fused-ring (bicyclic) bond motifs is 1. The fourth-order valence-corrected chi connectivity index (χ4v) is 13.2. The predicted molar refractivity (Wildman–Crippen MR) is 220 cm³/mol. The molecule has 0 bridgehead atoms. The molecule has 1 unspecified atom stereocenters. The predicted octanol–water partition coefficient (Wildman–Crippen LogP) is 8.46. The van der Waals surface area contributed by atoms with Gasteiger partial charge >= 0.3 is 6.80 Å². The number of nitrogens with one attached hydrogen (secondary N) is 2. The summed E-state index contributed by atoms with van der Waals surface area (Å²) in [6.07, 6.45) is 4.97. The molecule has 3 aliphatic rings. The van der Waals surface area contributed by atoms with Crippen molar-refractivity contribution >= 4 is 35.3 Å². The number of aromatic nitrogens is 4. The number of H-pyrrole nitrogens is 1. The normalized spacial score (nSPS) is 23.4. The molecule has 4 heterocycles. The van der Waals surface area contributed by atoms with E-state index in [1.165, 1.54) is 17.8 Å². The van der Waals surface area contributed by atoms with Crippen LogP contribution < -0.4 is 20.3 Å². The minimum absolute atomic E-state index is 0.0335. The van der Waals surface area contributed by atoms with Crippen LogP contribution >= 0.6 is 18.2 Å². The fraction of sp³-hybridized carbons (Fsp3) is 0.452. The fourth-order valence-electron chi connectivity index (χ4n) is 8.07. The largest absolute Gasteiger partial charge is 0.497 e. The molecule has 3 fully saturated rings. The zero-order chi connectivity index (χ0) is 39.6. The first-order chi connectivity index (χ1) is 27.6. The Labute approximate surface area is 336 Å². The molecule has 2 N–H and O–H groups in total. The Bertz CT molecular complexity index is 2200. The first kappa shape index (κ1) is 39.6. The SMILES string of the molecule is COc1ccc(C(OC[C@H]2O[C@@H](n3cnc4c(=O)[nH]c(NCC(C)C)nc43)C[C@@H]2OP2(=O)OCC3(CCCCC3)S2)(c2ccccc2)c2ccc(OC)cc2)cc1. The van der Waals surface area contributed by atoms with Crippen molar-refractivity contribution in [3.05, 3.63) is 112 Å². The van der Waals surface area contributed by atoms with E-state index in [2.05, 4.69) is 29.1 Å². The van der Waals surface area contributed by atoms with Crippen LogP contribution in [0.3, 0.4) is 0 Å². The van der Waals surface area contributed by atoms with Crippen LogP contribution in [0.5, 0.6) is 11.5 Å². The van der Waals surface area contributed by atoms with Crippen LogP contribution in [0.25, 0.3) is 11.2 Å². The van der Waals surface area contributed by atoms with E-state index in [0.29, 0.717) is 42.2 Å². The Balaban J connectivity index is 1.17. The van der Waals surface area contributed by atoms with E-state index < -0.39 is 30.8 Å². The average molecular weight is 816 g/mol. The number of methoxy groups -OCH3 is 2. The van der Waals surface area contributed by atoms with Crippen molar-refractivity contribution in [2.45, 2.75) is 81.2 Å². The van der Waals surface area contributed by atoms with E-state index in [1.807, 2.05) is 78.9 Å². The van der Waals surface area contributed by atoms with Gasteiger partial charge in [-0.2, -0.15) is 4.98 Å². The van der Waals surface area contributed by atoms with Gasteiger partial charge in [0.1, 0.15) is 35.5 Å². The van der Waals surface area contributed by atoms with Crippen molar-refractivity contribution in [3.63, 3.8) is 0 Å². The number of nitrogens with zero attached hydrogens (tertiary/aromatic N) is 3. The third kappa shape index (κ3) is 8.13. The number of hydrogen-bond donors (Lipinski definition) is 2. The van der Waals surface area contributed by atoms with Gasteiger partial charge in [0.05, 0.1) is 38.5 Å². The molecule has 0 amide bonds. The first-order valence-electron chi connectivity index (χ1n) is 19.6. The maximum Gasteiger partial charge on any atom is 0.390 e. The lowest BCUT2D eigenvalue weighted by Gasteiger charge is -2.37. The molecule has 57 heavy (non-hydrogen) atoms. The van der Waals surface area contributed by atoms with E-state index in [-0.39, 0.29) is 28.9 Å². The number of ether oxygens (including phenoxy) is 4. The second-order valence-corrected chi connectivity index (χ2v) is 19.7. The summed E-state index contributed by atoms with van der Waals surface area (Å²) in [5.41, 5.74) is 1.67. The molecule has 1 saturated carbocycles. The number of anilines is 1. The molecule has 8 rings (SSSR count). The zero-order valence-electron chi connectivity index (χ0n) is 32.7. The summed E-state index contributed by atoms with van der Waals surface area (Å²) in [6, 6.07) is 25.7. The van der Waals surface area contributed by atoms with Gasteiger partial charge in [-0.3, -0.25) is 23.4 Å². The van der Waals surface area contributed by atoms with Crippen molar-refractivity contribution in [2.75, 3.05) is 39.3 Å². The van der Waals surface area contributed by atoms with Gasteiger partial charge < -0.3 is 24.3 Å². The molecule has 5 aromatic rings. The van der Waals surface area contributed by atoms with Crippen molar-refractivity contribution in [1.82, 2.24) is 19.5 Å². The molecule has 3 aromatic carbocycles. The summed E-state index contributed by atoms with van der Waals surface area (Å²) >= 11 is 1.36. The molecule has 1 aliphatic carbocycles. The molecule has 15 heteroatoms. The van der Waals surface area contributed by atoms with Gasteiger partial charge in [0.15, 0.2) is 11.2 Å². The molecular weight excluding hydrogens is 766 g/mol. The van der Waals surface area contributed by atoms with Crippen molar-refractivity contribution in [3.8, 4) is 11.5 Å². The number of hydrogen-bond acceptors (Lipinski definition) is 12. The summed E-state index contributed by atoms with van der Waals surface area (Å²) in [4.78, 5) is 25.1. The molecule has 1 spiro atoms. The molecule has 4 atom stereocenters. The van der Waals surface area contributed by atoms with E-state index in [9.17, 15) is 9.36 Å². The van der Waals surface area contributed by atoms with E-state index in [0.717, 1.165) is 42.4 Å². The third-order valence-electron chi connectivity index (χ3n) is 11.1. The second kappa shape index (κ2) is 16.6. The molecule has 302 valence electrons. The maximum atomic E-state index is 14.5. The number of aromatic amines is 1. The van der Waals surface area contributed by atoms with E-state index in [1.54, 1.807) is 25.1 Å². The zero-order valence-corrected chi connectivity index (χ0v) is 34.4. The Morgan fingerprint density at radius 1 is 0.965 bits per heavy atom. The van der Waals surface area contributed by atoms with Crippen molar-refractivity contribution < 1.29 is 32.6 Å². The van der Waals surface area contributed by atoms with Crippen molar-refractivity contribution in [1.29, 1.82) is 0 Å². The van der Waals surface area contributed by atoms with Gasteiger partial charge in [-0.05, 0) is 71.1 Å². The van der Waals surface area contributed by atoms with Gasteiger partial charge in [-0.1, -0.05) is 87.7 Å². The molecular formula is C42H50N5O8PS. The highest BCUT2D eigenvalue weighted by Crippen LogP contribution is 2.74. The van der Waals surface area contributed by atoms with Gasteiger partial charge in [0.2, 0.25) is 5.95 Å².